The summed E-state index contributed by atoms with van der Waals surface area (Å²) in [5.74, 6) is 0.197. The molecule has 1 fully saturated rings. The molecule has 0 aromatic heterocycles. The Bertz CT molecular complexity index is 425. The maximum Gasteiger partial charge on any atom is 0.240 e. The summed E-state index contributed by atoms with van der Waals surface area (Å²) in [5.41, 5.74) is 2.28. The van der Waals surface area contributed by atoms with Gasteiger partial charge in [0, 0.05) is 12.7 Å². The number of benzene rings is 1. The maximum atomic E-state index is 12.4. The van der Waals surface area contributed by atoms with Crippen LogP contribution in [0.5, 0.6) is 0 Å². The maximum absolute atomic E-state index is 12.4. The number of anilines is 1. The first-order valence-electron chi connectivity index (χ1n) is 7.29. The van der Waals surface area contributed by atoms with Gasteiger partial charge in [-0.3, -0.25) is 9.69 Å². The van der Waals surface area contributed by atoms with Gasteiger partial charge in [-0.1, -0.05) is 31.5 Å². The minimum absolute atomic E-state index is 0.197. The van der Waals surface area contributed by atoms with Gasteiger partial charge < -0.3 is 4.90 Å². The SMILES string of the molecule is CCc1ccccc1N(C)C(=O)CN1CCCCC1. The molecule has 1 aromatic rings. The number of rotatable bonds is 4. The van der Waals surface area contributed by atoms with Gasteiger partial charge in [-0.25, -0.2) is 0 Å². The van der Waals surface area contributed by atoms with Crippen LogP contribution < -0.4 is 4.90 Å². The molecule has 0 radical (unpaired) electrons. The van der Waals surface area contributed by atoms with Crippen LogP contribution >= 0.6 is 0 Å². The van der Waals surface area contributed by atoms with Crippen LogP contribution in [-0.4, -0.2) is 37.5 Å². The Balaban J connectivity index is 2.01. The summed E-state index contributed by atoms with van der Waals surface area (Å²) < 4.78 is 0. The molecule has 0 saturated carbocycles. The van der Waals surface area contributed by atoms with E-state index in [0.29, 0.717) is 6.54 Å². The first-order chi connectivity index (χ1) is 9.22. The van der Waals surface area contributed by atoms with Crippen LogP contribution in [0.25, 0.3) is 0 Å². The average Bonchev–Trinajstić information content (AvgIpc) is 2.47. The number of piperidine rings is 1. The number of likely N-dealkylation sites (N-methyl/N-ethyl adjacent to an activating group) is 1. The number of likely N-dealkylation sites (tertiary alicyclic amines) is 1. The van der Waals surface area contributed by atoms with E-state index >= 15 is 0 Å². The molecule has 1 aliphatic rings. The van der Waals surface area contributed by atoms with Gasteiger partial charge in [-0.2, -0.15) is 0 Å². The summed E-state index contributed by atoms with van der Waals surface area (Å²) in [6.07, 6.45) is 4.71. The number of hydrogen-bond donors (Lipinski definition) is 0. The molecular formula is C16H24N2O. The Morgan fingerprint density at radius 3 is 2.58 bits per heavy atom. The predicted molar refractivity (Wildman–Crippen MR) is 79.5 cm³/mol. The number of amides is 1. The van der Waals surface area contributed by atoms with Crippen LogP contribution in [-0.2, 0) is 11.2 Å². The monoisotopic (exact) mass is 260 g/mol. The van der Waals surface area contributed by atoms with Crippen LogP contribution in [0.4, 0.5) is 5.69 Å². The molecule has 1 aromatic carbocycles. The van der Waals surface area contributed by atoms with Crippen molar-refractivity contribution in [2.24, 2.45) is 0 Å². The topological polar surface area (TPSA) is 23.6 Å². The fourth-order valence-electron chi connectivity index (χ4n) is 2.69. The second-order valence-electron chi connectivity index (χ2n) is 5.27. The van der Waals surface area contributed by atoms with E-state index in [4.69, 9.17) is 0 Å². The number of para-hydroxylation sites is 1. The zero-order valence-electron chi connectivity index (χ0n) is 12.1. The van der Waals surface area contributed by atoms with Crippen LogP contribution in [0.2, 0.25) is 0 Å². The summed E-state index contributed by atoms with van der Waals surface area (Å²) in [4.78, 5) is 16.5. The minimum Gasteiger partial charge on any atom is -0.314 e. The fourth-order valence-corrected chi connectivity index (χ4v) is 2.69. The van der Waals surface area contributed by atoms with E-state index in [1.807, 2.05) is 30.1 Å². The van der Waals surface area contributed by atoms with Gasteiger partial charge in [-0.15, -0.1) is 0 Å². The smallest absolute Gasteiger partial charge is 0.240 e. The average molecular weight is 260 g/mol. The Hall–Kier alpha value is -1.35. The molecule has 0 bridgehead atoms. The number of nitrogens with zero attached hydrogens (tertiary/aromatic N) is 2. The molecule has 104 valence electrons. The molecule has 1 amide bonds. The molecule has 0 unspecified atom stereocenters. The predicted octanol–water partition coefficient (Wildman–Crippen LogP) is 2.70. The Kier molecular flexibility index (Phi) is 4.97. The molecule has 3 nitrogen and oxygen atoms in total. The Morgan fingerprint density at radius 1 is 1.21 bits per heavy atom. The Labute approximate surface area is 116 Å². The van der Waals surface area contributed by atoms with E-state index in [0.717, 1.165) is 25.2 Å². The quantitative estimate of drug-likeness (QED) is 0.831. The highest BCUT2D eigenvalue weighted by Crippen LogP contribution is 2.20. The van der Waals surface area contributed by atoms with Gasteiger partial charge in [0.15, 0.2) is 0 Å². The van der Waals surface area contributed by atoms with Crippen molar-refractivity contribution in [2.45, 2.75) is 32.6 Å². The molecule has 1 heterocycles. The summed E-state index contributed by atoms with van der Waals surface area (Å²) in [7, 11) is 1.89. The van der Waals surface area contributed by atoms with Gasteiger partial charge >= 0.3 is 0 Å². The van der Waals surface area contributed by atoms with Crippen LogP contribution in [0, 0.1) is 0 Å². The van der Waals surface area contributed by atoms with Crippen molar-refractivity contribution in [1.29, 1.82) is 0 Å². The van der Waals surface area contributed by atoms with Crippen molar-refractivity contribution < 1.29 is 4.79 Å². The standard InChI is InChI=1S/C16H24N2O/c1-3-14-9-5-6-10-15(14)17(2)16(19)13-18-11-7-4-8-12-18/h5-6,9-10H,3-4,7-8,11-13H2,1-2H3. The molecule has 0 aliphatic carbocycles. The molecule has 0 spiro atoms. The highest BCUT2D eigenvalue weighted by molar-refractivity contribution is 5.95. The van der Waals surface area contributed by atoms with Crippen molar-refractivity contribution in [3.05, 3.63) is 29.8 Å². The van der Waals surface area contributed by atoms with Gasteiger partial charge in [0.1, 0.15) is 0 Å². The van der Waals surface area contributed by atoms with Crippen molar-refractivity contribution in [2.75, 3.05) is 31.6 Å². The van der Waals surface area contributed by atoms with Crippen LogP contribution in [0.15, 0.2) is 24.3 Å². The van der Waals surface area contributed by atoms with E-state index < -0.39 is 0 Å². The van der Waals surface area contributed by atoms with Crippen molar-refractivity contribution in [1.82, 2.24) is 4.90 Å². The number of hydrogen-bond acceptors (Lipinski definition) is 2. The van der Waals surface area contributed by atoms with Crippen molar-refractivity contribution in [3.8, 4) is 0 Å². The lowest BCUT2D eigenvalue weighted by Gasteiger charge is -2.28. The number of carbonyl (C=O) groups is 1. The minimum atomic E-state index is 0.197. The lowest BCUT2D eigenvalue weighted by Crippen LogP contribution is -2.41. The van der Waals surface area contributed by atoms with E-state index in [1.54, 1.807) is 0 Å². The van der Waals surface area contributed by atoms with Gasteiger partial charge in [0.2, 0.25) is 5.91 Å². The van der Waals surface area contributed by atoms with Gasteiger partial charge in [-0.05, 0) is 44.0 Å². The number of aryl methyl sites for hydroxylation is 1. The lowest BCUT2D eigenvalue weighted by atomic mass is 10.1. The molecule has 19 heavy (non-hydrogen) atoms. The third kappa shape index (κ3) is 3.57. The molecule has 0 atom stereocenters. The van der Waals surface area contributed by atoms with E-state index in [1.165, 1.54) is 24.8 Å². The van der Waals surface area contributed by atoms with Gasteiger partial charge in [0.05, 0.1) is 6.54 Å². The second kappa shape index (κ2) is 6.71. The largest absolute Gasteiger partial charge is 0.314 e. The summed E-state index contributed by atoms with van der Waals surface area (Å²) in [6.45, 7) is 4.81. The van der Waals surface area contributed by atoms with Crippen LogP contribution in [0.1, 0.15) is 31.7 Å². The van der Waals surface area contributed by atoms with Crippen molar-refractivity contribution >= 4 is 11.6 Å². The fraction of sp³-hybridized carbons (Fsp3) is 0.562. The zero-order valence-corrected chi connectivity index (χ0v) is 12.1. The normalized spacial score (nSPS) is 16.3. The zero-order chi connectivity index (χ0) is 13.7. The molecule has 3 heteroatoms. The van der Waals surface area contributed by atoms with Gasteiger partial charge in [0.25, 0.3) is 0 Å². The number of carbonyl (C=O) groups excluding carboxylic acids is 1. The molecule has 0 N–H and O–H groups in total. The molecule has 2 rings (SSSR count). The van der Waals surface area contributed by atoms with Crippen molar-refractivity contribution in [3.63, 3.8) is 0 Å². The molecule has 1 saturated heterocycles. The first kappa shape index (κ1) is 14.1. The third-order valence-corrected chi connectivity index (χ3v) is 3.92. The summed E-state index contributed by atoms with van der Waals surface area (Å²) >= 11 is 0. The lowest BCUT2D eigenvalue weighted by molar-refractivity contribution is -0.119. The third-order valence-electron chi connectivity index (χ3n) is 3.92. The Morgan fingerprint density at radius 2 is 1.89 bits per heavy atom. The van der Waals surface area contributed by atoms with E-state index in [-0.39, 0.29) is 5.91 Å². The highest BCUT2D eigenvalue weighted by Gasteiger charge is 2.18. The molecular weight excluding hydrogens is 236 g/mol. The summed E-state index contributed by atoms with van der Waals surface area (Å²) in [6, 6.07) is 8.16. The summed E-state index contributed by atoms with van der Waals surface area (Å²) in [5, 5.41) is 0. The first-order valence-corrected chi connectivity index (χ1v) is 7.29. The molecule has 1 aliphatic heterocycles. The van der Waals surface area contributed by atoms with E-state index in [9.17, 15) is 4.79 Å². The van der Waals surface area contributed by atoms with Crippen LogP contribution in [0.3, 0.4) is 0 Å². The highest BCUT2D eigenvalue weighted by atomic mass is 16.2. The van der Waals surface area contributed by atoms with E-state index in [2.05, 4.69) is 17.9 Å². The second-order valence-corrected chi connectivity index (χ2v) is 5.27.